The third-order valence-electron chi connectivity index (χ3n) is 2.49. The summed E-state index contributed by atoms with van der Waals surface area (Å²) in [4.78, 5) is 15.6. The molecule has 0 fully saturated rings. The number of benzene rings is 1. The Bertz CT molecular complexity index is 710. The van der Waals surface area contributed by atoms with E-state index in [4.69, 9.17) is 14.4 Å². The first kappa shape index (κ1) is 13.6. The van der Waals surface area contributed by atoms with E-state index in [9.17, 15) is 4.79 Å². The fourth-order valence-corrected chi connectivity index (χ4v) is 1.63. The number of oxazole rings is 1. The number of nitriles is 1. The lowest BCUT2D eigenvalue weighted by molar-refractivity contribution is -0.138. The molecular weight excluding hydrogens is 258 g/mol. The number of carbonyl (C=O) groups is 1. The van der Waals surface area contributed by atoms with Gasteiger partial charge in [0, 0.05) is 18.8 Å². The van der Waals surface area contributed by atoms with Crippen molar-refractivity contribution in [2.24, 2.45) is 0 Å². The fraction of sp³-hybridized carbons (Fsp3) is 0.214. The molecule has 0 aliphatic rings. The van der Waals surface area contributed by atoms with Gasteiger partial charge in [0.1, 0.15) is 11.6 Å². The summed E-state index contributed by atoms with van der Waals surface area (Å²) in [5, 5.41) is 11.8. The number of ether oxygens (including phenoxy) is 1. The molecule has 0 radical (unpaired) electrons. The Morgan fingerprint density at radius 2 is 2.40 bits per heavy atom. The molecule has 2 aromatic rings. The largest absolute Gasteiger partial charge is 0.462 e. The summed E-state index contributed by atoms with van der Waals surface area (Å²) in [7, 11) is 0. The minimum atomic E-state index is -0.652. The SMILES string of the molecule is CCOC(=O)/C(C#N)=C/Nc1ccc2oc(C)nc2c1. The van der Waals surface area contributed by atoms with Crippen LogP contribution in [0.4, 0.5) is 5.69 Å². The van der Waals surface area contributed by atoms with Crippen molar-refractivity contribution in [3.05, 3.63) is 35.9 Å². The van der Waals surface area contributed by atoms with Gasteiger partial charge in [-0.15, -0.1) is 0 Å². The molecule has 0 unspecified atom stereocenters. The number of nitrogens with zero attached hydrogens (tertiary/aromatic N) is 2. The van der Waals surface area contributed by atoms with Gasteiger partial charge < -0.3 is 14.5 Å². The second-order valence-electron chi connectivity index (χ2n) is 3.95. The molecule has 0 aliphatic carbocycles. The van der Waals surface area contributed by atoms with Crippen molar-refractivity contribution in [2.45, 2.75) is 13.8 Å². The van der Waals surface area contributed by atoms with Gasteiger partial charge in [-0.05, 0) is 25.1 Å². The maximum absolute atomic E-state index is 11.4. The number of rotatable bonds is 4. The summed E-state index contributed by atoms with van der Waals surface area (Å²) in [5.41, 5.74) is 1.99. The number of esters is 1. The highest BCUT2D eigenvalue weighted by molar-refractivity contribution is 5.93. The molecule has 0 aliphatic heterocycles. The fourth-order valence-electron chi connectivity index (χ4n) is 1.63. The molecule has 1 N–H and O–H groups in total. The first-order chi connectivity index (χ1) is 9.63. The molecule has 0 atom stereocenters. The zero-order valence-electron chi connectivity index (χ0n) is 11.1. The van der Waals surface area contributed by atoms with Crippen LogP contribution in [0.1, 0.15) is 12.8 Å². The number of anilines is 1. The maximum atomic E-state index is 11.4. The minimum absolute atomic E-state index is 0.0942. The lowest BCUT2D eigenvalue weighted by Gasteiger charge is -2.02. The highest BCUT2D eigenvalue weighted by Gasteiger charge is 2.09. The predicted molar refractivity (Wildman–Crippen MR) is 72.7 cm³/mol. The monoisotopic (exact) mass is 271 g/mol. The van der Waals surface area contributed by atoms with E-state index < -0.39 is 5.97 Å². The molecule has 0 saturated carbocycles. The minimum Gasteiger partial charge on any atom is -0.462 e. The van der Waals surface area contributed by atoms with Gasteiger partial charge in [-0.25, -0.2) is 9.78 Å². The molecule has 0 spiro atoms. The highest BCUT2D eigenvalue weighted by Crippen LogP contribution is 2.19. The third-order valence-corrected chi connectivity index (χ3v) is 2.49. The first-order valence-electron chi connectivity index (χ1n) is 6.05. The Labute approximate surface area is 115 Å². The van der Waals surface area contributed by atoms with Crippen LogP contribution in [0, 0.1) is 18.3 Å². The molecule has 0 amide bonds. The molecule has 102 valence electrons. The number of hydrogen-bond acceptors (Lipinski definition) is 6. The standard InChI is InChI=1S/C14H13N3O3/c1-3-19-14(18)10(7-15)8-16-11-4-5-13-12(6-11)17-9(2)20-13/h4-6,8,16H,3H2,1-2H3/b10-8+. The highest BCUT2D eigenvalue weighted by atomic mass is 16.5. The average Bonchev–Trinajstić information content (AvgIpc) is 2.79. The van der Waals surface area contributed by atoms with E-state index in [1.54, 1.807) is 38.1 Å². The molecule has 1 heterocycles. The van der Waals surface area contributed by atoms with Crippen LogP contribution in [-0.4, -0.2) is 17.6 Å². The molecule has 20 heavy (non-hydrogen) atoms. The second kappa shape index (κ2) is 5.89. The van der Waals surface area contributed by atoms with Crippen molar-refractivity contribution < 1.29 is 13.9 Å². The van der Waals surface area contributed by atoms with E-state index >= 15 is 0 Å². The van der Waals surface area contributed by atoms with Crippen molar-refractivity contribution in [2.75, 3.05) is 11.9 Å². The average molecular weight is 271 g/mol. The summed E-state index contributed by atoms with van der Waals surface area (Å²) in [6.07, 6.45) is 1.31. The van der Waals surface area contributed by atoms with E-state index in [0.717, 1.165) is 0 Å². The van der Waals surface area contributed by atoms with Crippen molar-refractivity contribution in [1.29, 1.82) is 5.26 Å². The van der Waals surface area contributed by atoms with Crippen molar-refractivity contribution in [1.82, 2.24) is 4.98 Å². The van der Waals surface area contributed by atoms with Crippen LogP contribution in [0.25, 0.3) is 11.1 Å². The van der Waals surface area contributed by atoms with Gasteiger partial charge >= 0.3 is 5.97 Å². The molecule has 0 saturated heterocycles. The third kappa shape index (κ3) is 2.95. The van der Waals surface area contributed by atoms with Crippen LogP contribution in [0.2, 0.25) is 0 Å². The van der Waals surface area contributed by atoms with Crippen LogP contribution < -0.4 is 5.32 Å². The number of fused-ring (bicyclic) bond motifs is 1. The molecule has 1 aromatic carbocycles. The quantitative estimate of drug-likeness (QED) is 0.522. The summed E-state index contributed by atoms with van der Waals surface area (Å²) >= 11 is 0. The zero-order chi connectivity index (χ0) is 14.5. The molecule has 6 nitrogen and oxygen atoms in total. The van der Waals surface area contributed by atoms with Crippen molar-refractivity contribution in [3.63, 3.8) is 0 Å². The van der Waals surface area contributed by atoms with Gasteiger partial charge in [0.15, 0.2) is 17.0 Å². The topological polar surface area (TPSA) is 88.2 Å². The molecular formula is C14H13N3O3. The maximum Gasteiger partial charge on any atom is 0.350 e. The van der Waals surface area contributed by atoms with Crippen LogP contribution >= 0.6 is 0 Å². The van der Waals surface area contributed by atoms with Crippen LogP contribution in [0.5, 0.6) is 0 Å². The smallest absolute Gasteiger partial charge is 0.350 e. The Hall–Kier alpha value is -2.81. The summed E-state index contributed by atoms with van der Waals surface area (Å²) in [6.45, 7) is 3.67. The Morgan fingerprint density at radius 1 is 1.60 bits per heavy atom. The van der Waals surface area contributed by atoms with E-state index in [0.29, 0.717) is 22.7 Å². The van der Waals surface area contributed by atoms with Gasteiger partial charge in [-0.1, -0.05) is 0 Å². The van der Waals surface area contributed by atoms with Gasteiger partial charge in [0.05, 0.1) is 6.61 Å². The van der Waals surface area contributed by atoms with E-state index in [2.05, 4.69) is 10.3 Å². The van der Waals surface area contributed by atoms with Gasteiger partial charge in [-0.3, -0.25) is 0 Å². The number of hydrogen-bond donors (Lipinski definition) is 1. The predicted octanol–water partition coefficient (Wildman–Crippen LogP) is 2.52. The molecule has 0 bridgehead atoms. The Kier molecular flexibility index (Phi) is 4.01. The lowest BCUT2D eigenvalue weighted by Crippen LogP contribution is -2.07. The van der Waals surface area contributed by atoms with Gasteiger partial charge in [0.2, 0.25) is 0 Å². The first-order valence-corrected chi connectivity index (χ1v) is 6.05. The Morgan fingerprint density at radius 3 is 3.10 bits per heavy atom. The van der Waals surface area contributed by atoms with Crippen molar-refractivity contribution in [3.8, 4) is 6.07 Å². The summed E-state index contributed by atoms with van der Waals surface area (Å²) < 4.78 is 10.1. The number of nitrogens with one attached hydrogen (secondary N) is 1. The van der Waals surface area contributed by atoms with E-state index in [1.807, 2.05) is 0 Å². The molecule has 6 heteroatoms. The summed E-state index contributed by atoms with van der Waals surface area (Å²) in [6, 6.07) is 7.09. The van der Waals surface area contributed by atoms with E-state index in [-0.39, 0.29) is 12.2 Å². The van der Waals surface area contributed by atoms with Crippen molar-refractivity contribution >= 4 is 22.8 Å². The Balaban J connectivity index is 2.18. The van der Waals surface area contributed by atoms with Crippen LogP contribution in [0.15, 0.2) is 34.4 Å². The van der Waals surface area contributed by atoms with Gasteiger partial charge in [-0.2, -0.15) is 5.26 Å². The van der Waals surface area contributed by atoms with Gasteiger partial charge in [0.25, 0.3) is 0 Å². The number of aryl methyl sites for hydroxylation is 1. The number of carbonyl (C=O) groups excluding carboxylic acids is 1. The lowest BCUT2D eigenvalue weighted by atomic mass is 10.2. The van der Waals surface area contributed by atoms with Crippen LogP contribution in [0.3, 0.4) is 0 Å². The number of aromatic nitrogens is 1. The molecule has 1 aromatic heterocycles. The normalized spacial score (nSPS) is 11.2. The molecule has 2 rings (SSSR count). The van der Waals surface area contributed by atoms with E-state index in [1.165, 1.54) is 6.20 Å². The van der Waals surface area contributed by atoms with Crippen LogP contribution in [-0.2, 0) is 9.53 Å². The summed E-state index contributed by atoms with van der Waals surface area (Å²) in [5.74, 6) is -0.0715. The zero-order valence-corrected chi connectivity index (χ0v) is 11.1. The second-order valence-corrected chi connectivity index (χ2v) is 3.95.